The lowest BCUT2D eigenvalue weighted by Gasteiger charge is -1.91. The van der Waals surface area contributed by atoms with Crippen LogP contribution in [0.5, 0.6) is 0 Å². The Morgan fingerprint density at radius 1 is 1.50 bits per heavy atom. The smallest absolute Gasteiger partial charge is 0.328 e. The maximum absolute atomic E-state index is 8.74. The molecule has 64 valence electrons. The molecule has 0 amide bonds. The number of nitrogens with two attached hydrogens (primary N) is 1. The van der Waals surface area contributed by atoms with Crippen LogP contribution in [0.2, 0.25) is 0 Å². The average Bonchev–Trinajstić information content (AvgIpc) is 1.61. The summed E-state index contributed by atoms with van der Waals surface area (Å²) in [4.78, 5) is 0. The summed E-state index contributed by atoms with van der Waals surface area (Å²) in [6.45, 7) is 4.07. The summed E-state index contributed by atoms with van der Waals surface area (Å²) >= 11 is 0. The molecule has 4 N–H and O–H groups in total. The highest BCUT2D eigenvalue weighted by molar-refractivity contribution is 7.79. The second-order valence-electron chi connectivity index (χ2n) is 1.83. The van der Waals surface area contributed by atoms with Crippen molar-refractivity contribution >= 4 is 10.4 Å². The Bertz CT molecular complexity index is 143. The maximum Gasteiger partial charge on any atom is 0.394 e. The van der Waals surface area contributed by atoms with Crippen molar-refractivity contribution in [3.05, 3.63) is 0 Å². The second-order valence-corrected chi connectivity index (χ2v) is 2.73. The van der Waals surface area contributed by atoms with E-state index in [1.54, 1.807) is 0 Å². The Kier molecular flexibility index (Phi) is 7.00. The highest BCUT2D eigenvalue weighted by atomic mass is 32.3. The van der Waals surface area contributed by atoms with Crippen LogP contribution in [0.25, 0.3) is 0 Å². The highest BCUT2D eigenvalue weighted by Gasteiger charge is 1.84. The van der Waals surface area contributed by atoms with Gasteiger partial charge in [0, 0.05) is 6.04 Å². The first-order chi connectivity index (χ1) is 4.27. The average molecular weight is 171 g/mol. The Balaban J connectivity index is 0. The molecule has 1 atom stereocenters. The summed E-state index contributed by atoms with van der Waals surface area (Å²) in [5.41, 5.74) is 5.29. The van der Waals surface area contributed by atoms with E-state index >= 15 is 0 Å². The van der Waals surface area contributed by atoms with E-state index in [9.17, 15) is 0 Å². The molecule has 0 aliphatic heterocycles. The molecule has 0 aliphatic carbocycles. The monoisotopic (exact) mass is 171 g/mol. The predicted molar refractivity (Wildman–Crippen MR) is 38.1 cm³/mol. The first kappa shape index (κ1) is 12.5. The van der Waals surface area contributed by atoms with Crippen LogP contribution in [0, 0.1) is 0 Å². The molecule has 0 spiro atoms. The van der Waals surface area contributed by atoms with E-state index in [0.29, 0.717) is 6.04 Å². The molecule has 0 aliphatic rings. The highest BCUT2D eigenvalue weighted by Crippen LogP contribution is 1.77. The van der Waals surface area contributed by atoms with Crippen molar-refractivity contribution in [2.45, 2.75) is 26.3 Å². The van der Waals surface area contributed by atoms with Gasteiger partial charge in [0.2, 0.25) is 0 Å². The molecule has 0 rings (SSSR count). The van der Waals surface area contributed by atoms with Crippen LogP contribution < -0.4 is 5.73 Å². The van der Waals surface area contributed by atoms with E-state index < -0.39 is 10.4 Å². The van der Waals surface area contributed by atoms with Gasteiger partial charge in [-0.05, 0) is 13.3 Å². The third kappa shape index (κ3) is 109. The Morgan fingerprint density at radius 2 is 1.60 bits per heavy atom. The summed E-state index contributed by atoms with van der Waals surface area (Å²) in [6.07, 6.45) is 1.08. The van der Waals surface area contributed by atoms with Gasteiger partial charge in [-0.1, -0.05) is 6.92 Å². The molecule has 0 radical (unpaired) electrons. The standard InChI is InChI=1S/C4H11N.H2O4S/c1-3-4(2)5;1-5(2,3)4/h4H,3,5H2,1-2H3;(H2,1,2,3,4). The zero-order valence-electron chi connectivity index (χ0n) is 5.98. The van der Waals surface area contributed by atoms with Crippen LogP contribution in [0.4, 0.5) is 0 Å². The van der Waals surface area contributed by atoms with Gasteiger partial charge in [0.1, 0.15) is 0 Å². The van der Waals surface area contributed by atoms with Crippen LogP contribution in [-0.2, 0) is 10.4 Å². The molecule has 1 unspecified atom stereocenters. The van der Waals surface area contributed by atoms with Crippen LogP contribution >= 0.6 is 0 Å². The summed E-state index contributed by atoms with van der Waals surface area (Å²) in [5.74, 6) is 0. The van der Waals surface area contributed by atoms with E-state index in [1.165, 1.54) is 0 Å². The lowest BCUT2D eigenvalue weighted by Crippen LogP contribution is -2.11. The Hall–Kier alpha value is -0.170. The summed E-state index contributed by atoms with van der Waals surface area (Å²) in [7, 11) is -4.67. The van der Waals surface area contributed by atoms with E-state index in [-0.39, 0.29) is 0 Å². The van der Waals surface area contributed by atoms with Gasteiger partial charge in [0.15, 0.2) is 0 Å². The molecule has 0 bridgehead atoms. The van der Waals surface area contributed by atoms with Crippen molar-refractivity contribution in [2.75, 3.05) is 0 Å². The van der Waals surface area contributed by atoms with E-state index in [2.05, 4.69) is 6.92 Å². The van der Waals surface area contributed by atoms with Crippen LogP contribution in [0.15, 0.2) is 0 Å². The maximum atomic E-state index is 8.74. The molecular weight excluding hydrogens is 158 g/mol. The van der Waals surface area contributed by atoms with Gasteiger partial charge < -0.3 is 5.73 Å². The number of hydrogen-bond donors (Lipinski definition) is 3. The van der Waals surface area contributed by atoms with Crippen molar-refractivity contribution in [3.8, 4) is 0 Å². The zero-order valence-corrected chi connectivity index (χ0v) is 6.80. The normalized spacial score (nSPS) is 13.3. The van der Waals surface area contributed by atoms with Crippen molar-refractivity contribution in [1.82, 2.24) is 0 Å². The fraction of sp³-hybridized carbons (Fsp3) is 1.00. The van der Waals surface area contributed by atoms with Crippen molar-refractivity contribution in [3.63, 3.8) is 0 Å². The summed E-state index contributed by atoms with van der Waals surface area (Å²) in [5, 5.41) is 0. The van der Waals surface area contributed by atoms with E-state index in [4.69, 9.17) is 23.3 Å². The van der Waals surface area contributed by atoms with Gasteiger partial charge in [-0.2, -0.15) is 8.42 Å². The van der Waals surface area contributed by atoms with Crippen LogP contribution in [0.3, 0.4) is 0 Å². The van der Waals surface area contributed by atoms with Crippen molar-refractivity contribution in [2.24, 2.45) is 5.73 Å². The number of rotatable bonds is 1. The molecule has 6 heteroatoms. The lowest BCUT2D eigenvalue weighted by atomic mass is 10.3. The minimum atomic E-state index is -4.67. The molecule has 10 heavy (non-hydrogen) atoms. The molecule has 0 heterocycles. The Morgan fingerprint density at radius 3 is 1.60 bits per heavy atom. The molecule has 5 nitrogen and oxygen atoms in total. The summed E-state index contributed by atoms with van der Waals surface area (Å²) in [6, 6.07) is 0.384. The first-order valence-corrected chi connectivity index (χ1v) is 4.12. The quantitative estimate of drug-likeness (QED) is 0.485. The van der Waals surface area contributed by atoms with Gasteiger partial charge in [-0.3, -0.25) is 9.11 Å². The molecule has 0 aromatic rings. The lowest BCUT2D eigenvalue weighted by molar-refractivity contribution is 0.381. The zero-order chi connectivity index (χ0) is 8.78. The number of hydrogen-bond acceptors (Lipinski definition) is 3. The molecule has 0 aromatic heterocycles. The SMILES string of the molecule is CCC(C)N.O=S(=O)(O)O. The Labute approximate surface area is 60.8 Å². The molecule has 0 fully saturated rings. The summed E-state index contributed by atoms with van der Waals surface area (Å²) < 4.78 is 31.6. The first-order valence-electron chi connectivity index (χ1n) is 2.72. The van der Waals surface area contributed by atoms with E-state index in [0.717, 1.165) is 6.42 Å². The molecule has 0 saturated carbocycles. The van der Waals surface area contributed by atoms with Crippen molar-refractivity contribution in [1.29, 1.82) is 0 Å². The minimum Gasteiger partial charge on any atom is -0.328 e. The third-order valence-electron chi connectivity index (χ3n) is 0.644. The largest absolute Gasteiger partial charge is 0.394 e. The molecule has 0 saturated heterocycles. The van der Waals surface area contributed by atoms with Crippen LogP contribution in [0.1, 0.15) is 20.3 Å². The van der Waals surface area contributed by atoms with Gasteiger partial charge in [-0.25, -0.2) is 0 Å². The third-order valence-corrected chi connectivity index (χ3v) is 0.644. The second kappa shape index (κ2) is 5.60. The minimum absolute atomic E-state index is 0.384. The molecule has 0 aromatic carbocycles. The van der Waals surface area contributed by atoms with Gasteiger partial charge in [0.25, 0.3) is 0 Å². The van der Waals surface area contributed by atoms with Crippen LogP contribution in [-0.4, -0.2) is 23.6 Å². The topological polar surface area (TPSA) is 101 Å². The van der Waals surface area contributed by atoms with Gasteiger partial charge >= 0.3 is 10.4 Å². The van der Waals surface area contributed by atoms with E-state index in [1.807, 2.05) is 6.92 Å². The fourth-order valence-electron chi connectivity index (χ4n) is 0. The van der Waals surface area contributed by atoms with Gasteiger partial charge in [-0.15, -0.1) is 0 Å². The predicted octanol–water partition coefficient (Wildman–Crippen LogP) is 0.0908. The molecular formula is C4H13NO4S. The van der Waals surface area contributed by atoms with Crippen molar-refractivity contribution < 1.29 is 17.5 Å². The fourth-order valence-corrected chi connectivity index (χ4v) is 0. The van der Waals surface area contributed by atoms with Gasteiger partial charge in [0.05, 0.1) is 0 Å².